The molecule has 0 aromatic heterocycles. The lowest BCUT2D eigenvalue weighted by molar-refractivity contribution is 0.0319. The fourth-order valence-corrected chi connectivity index (χ4v) is 3.66. The summed E-state index contributed by atoms with van der Waals surface area (Å²) in [5, 5.41) is 10.1. The molecule has 0 heterocycles. The van der Waals surface area contributed by atoms with Crippen LogP contribution in [0.4, 0.5) is 0 Å². The SMILES string of the molecule is CC(C)=CCC1(C)CC2CCC(O)C1C2. The molecule has 0 saturated heterocycles. The van der Waals surface area contributed by atoms with Gasteiger partial charge in [-0.1, -0.05) is 18.6 Å². The van der Waals surface area contributed by atoms with Gasteiger partial charge in [-0.15, -0.1) is 0 Å². The van der Waals surface area contributed by atoms with Crippen LogP contribution < -0.4 is 0 Å². The molecule has 86 valence electrons. The highest BCUT2D eigenvalue weighted by molar-refractivity contribution is 5.05. The summed E-state index contributed by atoms with van der Waals surface area (Å²) >= 11 is 0. The molecule has 0 spiro atoms. The average Bonchev–Trinajstić information content (AvgIpc) is 2.45. The van der Waals surface area contributed by atoms with Crippen LogP contribution in [0.25, 0.3) is 0 Å². The Morgan fingerprint density at radius 1 is 1.40 bits per heavy atom. The fraction of sp³-hybridized carbons (Fsp3) is 0.857. The van der Waals surface area contributed by atoms with Crippen molar-refractivity contribution in [3.8, 4) is 0 Å². The van der Waals surface area contributed by atoms with Crippen molar-refractivity contribution < 1.29 is 5.11 Å². The number of fused-ring (bicyclic) bond motifs is 2. The molecule has 4 unspecified atom stereocenters. The van der Waals surface area contributed by atoms with Gasteiger partial charge in [0.15, 0.2) is 0 Å². The van der Waals surface area contributed by atoms with Crippen LogP contribution in [0.15, 0.2) is 11.6 Å². The molecular weight excluding hydrogens is 184 g/mol. The smallest absolute Gasteiger partial charge is 0.0573 e. The summed E-state index contributed by atoms with van der Waals surface area (Å²) in [6.07, 6.45) is 8.38. The van der Waals surface area contributed by atoms with Gasteiger partial charge in [-0.25, -0.2) is 0 Å². The zero-order valence-corrected chi connectivity index (χ0v) is 10.3. The van der Waals surface area contributed by atoms with E-state index in [1.165, 1.54) is 24.8 Å². The second-order valence-corrected chi connectivity index (χ2v) is 6.20. The van der Waals surface area contributed by atoms with Gasteiger partial charge in [0.1, 0.15) is 0 Å². The van der Waals surface area contributed by atoms with E-state index < -0.39 is 0 Å². The summed E-state index contributed by atoms with van der Waals surface area (Å²) in [4.78, 5) is 0. The third-order valence-electron chi connectivity index (χ3n) is 4.55. The van der Waals surface area contributed by atoms with E-state index in [1.54, 1.807) is 0 Å². The lowest BCUT2D eigenvalue weighted by atomic mass is 9.73. The quantitative estimate of drug-likeness (QED) is 0.688. The second-order valence-electron chi connectivity index (χ2n) is 6.20. The first-order chi connectivity index (χ1) is 7.01. The Balaban J connectivity index is 2.11. The van der Waals surface area contributed by atoms with E-state index in [0.29, 0.717) is 11.3 Å². The fourth-order valence-electron chi connectivity index (χ4n) is 3.66. The van der Waals surface area contributed by atoms with Crippen LogP contribution in [-0.4, -0.2) is 11.2 Å². The number of allylic oxidation sites excluding steroid dienone is 2. The van der Waals surface area contributed by atoms with Gasteiger partial charge in [0.2, 0.25) is 0 Å². The van der Waals surface area contributed by atoms with Gasteiger partial charge in [-0.05, 0) is 63.2 Å². The molecule has 1 heteroatoms. The van der Waals surface area contributed by atoms with Gasteiger partial charge >= 0.3 is 0 Å². The van der Waals surface area contributed by atoms with Crippen LogP contribution in [0.2, 0.25) is 0 Å². The Labute approximate surface area is 93.6 Å². The van der Waals surface area contributed by atoms with Crippen LogP contribution in [0.1, 0.15) is 52.9 Å². The number of rotatable bonds is 2. The van der Waals surface area contributed by atoms with E-state index in [-0.39, 0.29) is 6.10 Å². The normalized spacial score (nSPS) is 44.1. The molecule has 2 bridgehead atoms. The van der Waals surface area contributed by atoms with Crippen molar-refractivity contribution in [2.24, 2.45) is 17.3 Å². The molecule has 0 aromatic rings. The Morgan fingerprint density at radius 3 is 2.80 bits per heavy atom. The number of aliphatic hydroxyl groups is 1. The minimum Gasteiger partial charge on any atom is -0.393 e. The Hall–Kier alpha value is -0.300. The molecule has 2 aliphatic carbocycles. The van der Waals surface area contributed by atoms with Gasteiger partial charge < -0.3 is 5.11 Å². The first-order valence-electron chi connectivity index (χ1n) is 6.33. The van der Waals surface area contributed by atoms with Crippen LogP contribution >= 0.6 is 0 Å². The highest BCUT2D eigenvalue weighted by atomic mass is 16.3. The molecule has 1 nitrogen and oxygen atoms in total. The van der Waals surface area contributed by atoms with E-state index >= 15 is 0 Å². The molecule has 15 heavy (non-hydrogen) atoms. The number of hydrogen-bond acceptors (Lipinski definition) is 1. The van der Waals surface area contributed by atoms with Gasteiger partial charge in [-0.2, -0.15) is 0 Å². The number of aliphatic hydroxyl groups excluding tert-OH is 1. The Morgan fingerprint density at radius 2 is 2.13 bits per heavy atom. The summed E-state index contributed by atoms with van der Waals surface area (Å²) in [5.41, 5.74) is 1.78. The average molecular weight is 208 g/mol. The van der Waals surface area contributed by atoms with Crippen LogP contribution in [0.5, 0.6) is 0 Å². The molecule has 0 aliphatic heterocycles. The summed E-state index contributed by atoms with van der Waals surface area (Å²) < 4.78 is 0. The van der Waals surface area contributed by atoms with Crippen LogP contribution in [-0.2, 0) is 0 Å². The standard InChI is InChI=1S/C14H24O/c1-10(2)6-7-14(3)9-11-4-5-13(15)12(14)8-11/h6,11-13,15H,4-5,7-9H2,1-3H3. The van der Waals surface area contributed by atoms with Crippen LogP contribution in [0, 0.1) is 17.3 Å². The molecule has 2 saturated carbocycles. The highest BCUT2D eigenvalue weighted by Crippen LogP contribution is 2.55. The zero-order valence-electron chi connectivity index (χ0n) is 10.3. The number of hydrogen-bond donors (Lipinski definition) is 1. The van der Waals surface area contributed by atoms with Crippen molar-refractivity contribution in [3.63, 3.8) is 0 Å². The molecule has 1 N–H and O–H groups in total. The molecule has 0 aromatic carbocycles. The Kier molecular flexibility index (Phi) is 2.94. The summed E-state index contributed by atoms with van der Waals surface area (Å²) in [6.45, 7) is 6.72. The van der Waals surface area contributed by atoms with Crippen molar-refractivity contribution in [1.29, 1.82) is 0 Å². The largest absolute Gasteiger partial charge is 0.393 e. The summed E-state index contributed by atoms with van der Waals surface area (Å²) in [7, 11) is 0. The van der Waals surface area contributed by atoms with Gasteiger partial charge in [0, 0.05) is 0 Å². The first-order valence-corrected chi connectivity index (χ1v) is 6.33. The van der Waals surface area contributed by atoms with Crippen molar-refractivity contribution in [1.82, 2.24) is 0 Å². The summed E-state index contributed by atoms with van der Waals surface area (Å²) in [6, 6.07) is 0. The topological polar surface area (TPSA) is 20.2 Å². The summed E-state index contributed by atoms with van der Waals surface area (Å²) in [5.74, 6) is 1.46. The second kappa shape index (κ2) is 3.93. The third-order valence-corrected chi connectivity index (χ3v) is 4.55. The molecule has 2 rings (SSSR count). The van der Waals surface area contributed by atoms with E-state index in [2.05, 4.69) is 26.8 Å². The Bertz CT molecular complexity index is 265. The zero-order chi connectivity index (χ0) is 11.1. The van der Waals surface area contributed by atoms with Crippen molar-refractivity contribution in [2.75, 3.05) is 0 Å². The molecular formula is C14H24O. The minimum atomic E-state index is -0.0284. The van der Waals surface area contributed by atoms with E-state index in [0.717, 1.165) is 18.8 Å². The molecule has 0 amide bonds. The first kappa shape index (κ1) is 11.2. The van der Waals surface area contributed by atoms with Gasteiger partial charge in [0.25, 0.3) is 0 Å². The lowest BCUT2D eigenvalue weighted by Crippen LogP contribution is -2.32. The maximum atomic E-state index is 10.1. The maximum absolute atomic E-state index is 10.1. The van der Waals surface area contributed by atoms with Crippen molar-refractivity contribution in [3.05, 3.63) is 11.6 Å². The van der Waals surface area contributed by atoms with Crippen molar-refractivity contribution >= 4 is 0 Å². The van der Waals surface area contributed by atoms with E-state index in [4.69, 9.17) is 0 Å². The van der Waals surface area contributed by atoms with Crippen LogP contribution in [0.3, 0.4) is 0 Å². The van der Waals surface area contributed by atoms with Crippen molar-refractivity contribution in [2.45, 2.75) is 59.0 Å². The third kappa shape index (κ3) is 2.13. The van der Waals surface area contributed by atoms with Gasteiger partial charge in [0.05, 0.1) is 6.10 Å². The lowest BCUT2D eigenvalue weighted by Gasteiger charge is -2.34. The van der Waals surface area contributed by atoms with Gasteiger partial charge in [-0.3, -0.25) is 0 Å². The monoisotopic (exact) mass is 208 g/mol. The predicted molar refractivity (Wildman–Crippen MR) is 63.6 cm³/mol. The molecule has 4 atom stereocenters. The maximum Gasteiger partial charge on any atom is 0.0573 e. The molecule has 2 aliphatic rings. The predicted octanol–water partition coefficient (Wildman–Crippen LogP) is 3.53. The highest BCUT2D eigenvalue weighted by Gasteiger charge is 2.48. The van der Waals surface area contributed by atoms with E-state index in [9.17, 15) is 5.11 Å². The van der Waals surface area contributed by atoms with E-state index in [1.807, 2.05) is 0 Å². The molecule has 0 radical (unpaired) electrons. The molecule has 2 fully saturated rings. The minimum absolute atomic E-state index is 0.0284.